The fraction of sp³-hybridized carbons (Fsp3) is 0.333. The number of nitrogens with one attached hydrogen (secondary N) is 1. The molecule has 0 radical (unpaired) electrons. The molecule has 0 aliphatic heterocycles. The van der Waals surface area contributed by atoms with Crippen LogP contribution < -0.4 is 11.1 Å². The van der Waals surface area contributed by atoms with Crippen LogP contribution in [0, 0.1) is 0 Å². The van der Waals surface area contributed by atoms with Crippen molar-refractivity contribution in [1.29, 1.82) is 0 Å². The molecule has 2 rings (SSSR count). The summed E-state index contributed by atoms with van der Waals surface area (Å²) < 4.78 is 39.0. The third-order valence-corrected chi connectivity index (χ3v) is 2.11. The lowest BCUT2D eigenvalue weighted by Crippen LogP contribution is -2.13. The summed E-state index contributed by atoms with van der Waals surface area (Å²) in [5.74, 6) is -0.0631. The summed E-state index contributed by atoms with van der Waals surface area (Å²) in [6.07, 6.45) is -3.09. The van der Waals surface area contributed by atoms with Gasteiger partial charge in [0.2, 0.25) is 5.95 Å². The Morgan fingerprint density at radius 2 is 2.11 bits per heavy atom. The van der Waals surface area contributed by atoms with Crippen molar-refractivity contribution in [3.63, 3.8) is 0 Å². The molecule has 2 heterocycles. The normalized spacial score (nSPS) is 11.6. The van der Waals surface area contributed by atoms with E-state index < -0.39 is 17.8 Å². The third kappa shape index (κ3) is 3.30. The van der Waals surface area contributed by atoms with Crippen LogP contribution in [0.2, 0.25) is 0 Å². The molecule has 0 fully saturated rings. The van der Waals surface area contributed by atoms with Crippen LogP contribution in [0.25, 0.3) is 0 Å². The molecule has 0 aromatic carbocycles. The Morgan fingerprint density at radius 3 is 2.68 bits per heavy atom. The highest BCUT2D eigenvalue weighted by Gasteiger charge is 2.33. The van der Waals surface area contributed by atoms with Crippen LogP contribution in [0.3, 0.4) is 0 Å². The van der Waals surface area contributed by atoms with Crippen LogP contribution in [0.1, 0.15) is 11.5 Å². The Bertz CT molecular complexity index is 577. The van der Waals surface area contributed by atoms with Gasteiger partial charge in [0.25, 0.3) is 0 Å². The molecule has 0 unspecified atom stereocenters. The summed E-state index contributed by atoms with van der Waals surface area (Å²) in [4.78, 5) is 10.7. The van der Waals surface area contributed by atoms with Crippen LogP contribution in [-0.2, 0) is 19.8 Å². The molecule has 0 saturated heterocycles. The molecule has 0 bridgehead atoms. The largest absolute Gasteiger partial charge is 0.433 e. The van der Waals surface area contributed by atoms with Gasteiger partial charge in [-0.15, -0.1) is 0 Å². The average Bonchev–Trinajstić information content (AvgIpc) is 2.71. The predicted octanol–water partition coefficient (Wildman–Crippen LogP) is 0.818. The number of alkyl halides is 3. The van der Waals surface area contributed by atoms with Crippen molar-refractivity contribution in [2.45, 2.75) is 12.7 Å². The van der Waals surface area contributed by atoms with E-state index in [1.165, 1.54) is 11.0 Å². The molecule has 0 aliphatic carbocycles. The minimum atomic E-state index is -4.57. The van der Waals surface area contributed by atoms with Gasteiger partial charge in [0.1, 0.15) is 12.1 Å². The van der Waals surface area contributed by atoms with Gasteiger partial charge in [-0.2, -0.15) is 23.3 Å². The second-order valence-electron chi connectivity index (χ2n) is 3.68. The Balaban J connectivity index is 2.14. The van der Waals surface area contributed by atoms with E-state index in [4.69, 9.17) is 5.73 Å². The van der Waals surface area contributed by atoms with Gasteiger partial charge in [-0.25, -0.2) is 9.97 Å². The monoisotopic (exact) mass is 273 g/mol. The van der Waals surface area contributed by atoms with E-state index in [9.17, 15) is 13.2 Å². The molecule has 2 aromatic heterocycles. The van der Waals surface area contributed by atoms with Crippen LogP contribution in [0.15, 0.2) is 12.4 Å². The lowest BCUT2D eigenvalue weighted by Gasteiger charge is -2.09. The van der Waals surface area contributed by atoms with Gasteiger partial charge in [-0.3, -0.25) is 4.68 Å². The Kier molecular flexibility index (Phi) is 3.23. The van der Waals surface area contributed by atoms with Gasteiger partial charge in [0, 0.05) is 13.1 Å². The minimum absolute atomic E-state index is 0.0349. The zero-order chi connectivity index (χ0) is 14.0. The summed E-state index contributed by atoms with van der Waals surface area (Å²) in [7, 11) is 1.68. The standard InChI is InChI=1S/C9H10F3N7/c1-19-4-15-7(18-19)3-14-6-2-5(9(10,11)12)16-8(13)17-6/h2,4H,3H2,1H3,(H3,13,14,16,17). The van der Waals surface area contributed by atoms with Gasteiger partial charge in [-0.1, -0.05) is 0 Å². The smallest absolute Gasteiger partial charge is 0.368 e. The highest BCUT2D eigenvalue weighted by atomic mass is 19.4. The highest BCUT2D eigenvalue weighted by molar-refractivity contribution is 5.41. The number of aryl methyl sites for hydroxylation is 1. The van der Waals surface area contributed by atoms with Gasteiger partial charge in [0.05, 0.1) is 6.54 Å². The molecule has 0 amide bonds. The van der Waals surface area contributed by atoms with Crippen LogP contribution in [0.4, 0.5) is 24.9 Å². The van der Waals surface area contributed by atoms with E-state index in [0.717, 1.165) is 6.07 Å². The Hall–Kier alpha value is -2.39. The Morgan fingerprint density at radius 1 is 1.37 bits per heavy atom. The molecule has 0 spiro atoms. The number of nitrogens with zero attached hydrogens (tertiary/aromatic N) is 5. The molecule has 7 nitrogen and oxygen atoms in total. The number of nitrogen functional groups attached to an aromatic ring is 1. The lowest BCUT2D eigenvalue weighted by molar-refractivity contribution is -0.141. The van der Waals surface area contributed by atoms with E-state index in [1.807, 2.05) is 0 Å². The summed E-state index contributed by atoms with van der Waals surface area (Å²) in [5, 5.41) is 6.62. The molecule has 2 aromatic rings. The first kappa shape index (κ1) is 13.1. The SMILES string of the molecule is Cn1cnc(CNc2cc(C(F)(F)F)nc(N)n2)n1. The summed E-state index contributed by atoms with van der Waals surface area (Å²) in [6.45, 7) is 0.134. The van der Waals surface area contributed by atoms with Crippen molar-refractivity contribution in [2.75, 3.05) is 11.1 Å². The first-order valence-corrected chi connectivity index (χ1v) is 5.15. The number of halogens is 3. The zero-order valence-corrected chi connectivity index (χ0v) is 9.81. The second-order valence-corrected chi connectivity index (χ2v) is 3.68. The zero-order valence-electron chi connectivity index (χ0n) is 9.81. The van der Waals surface area contributed by atoms with E-state index >= 15 is 0 Å². The molecule has 102 valence electrons. The minimum Gasteiger partial charge on any atom is -0.368 e. The van der Waals surface area contributed by atoms with Crippen molar-refractivity contribution in [3.8, 4) is 0 Å². The van der Waals surface area contributed by atoms with E-state index in [-0.39, 0.29) is 12.4 Å². The topological polar surface area (TPSA) is 94.5 Å². The number of aromatic nitrogens is 5. The van der Waals surface area contributed by atoms with Crippen molar-refractivity contribution >= 4 is 11.8 Å². The fourth-order valence-electron chi connectivity index (χ4n) is 1.34. The third-order valence-electron chi connectivity index (χ3n) is 2.11. The predicted molar refractivity (Wildman–Crippen MR) is 59.8 cm³/mol. The molecular formula is C9H10F3N7. The van der Waals surface area contributed by atoms with E-state index in [0.29, 0.717) is 5.82 Å². The first-order valence-electron chi connectivity index (χ1n) is 5.15. The number of hydrogen-bond acceptors (Lipinski definition) is 6. The maximum Gasteiger partial charge on any atom is 0.433 e. The maximum atomic E-state index is 12.5. The van der Waals surface area contributed by atoms with Crippen molar-refractivity contribution < 1.29 is 13.2 Å². The van der Waals surface area contributed by atoms with Gasteiger partial charge in [0.15, 0.2) is 11.5 Å². The van der Waals surface area contributed by atoms with Crippen LogP contribution >= 0.6 is 0 Å². The summed E-state index contributed by atoms with van der Waals surface area (Å²) in [5.41, 5.74) is 4.13. The van der Waals surface area contributed by atoms with Crippen molar-refractivity contribution in [3.05, 3.63) is 23.9 Å². The quantitative estimate of drug-likeness (QED) is 0.859. The molecule has 19 heavy (non-hydrogen) atoms. The first-order chi connectivity index (χ1) is 8.84. The molecule has 10 heteroatoms. The van der Waals surface area contributed by atoms with Gasteiger partial charge >= 0.3 is 6.18 Å². The fourth-order valence-corrected chi connectivity index (χ4v) is 1.34. The molecule has 3 N–H and O–H groups in total. The Labute approximate surface area is 105 Å². The van der Waals surface area contributed by atoms with Gasteiger partial charge in [-0.05, 0) is 0 Å². The molecule has 0 saturated carbocycles. The highest BCUT2D eigenvalue weighted by Crippen LogP contribution is 2.29. The molecule has 0 aliphatic rings. The van der Waals surface area contributed by atoms with Crippen LogP contribution in [-0.4, -0.2) is 24.7 Å². The number of anilines is 2. The lowest BCUT2D eigenvalue weighted by atomic mass is 10.3. The number of nitrogens with two attached hydrogens (primary N) is 1. The summed E-state index contributed by atoms with van der Waals surface area (Å²) >= 11 is 0. The number of rotatable bonds is 3. The van der Waals surface area contributed by atoms with Gasteiger partial charge < -0.3 is 11.1 Å². The van der Waals surface area contributed by atoms with Crippen LogP contribution in [0.5, 0.6) is 0 Å². The molecular weight excluding hydrogens is 263 g/mol. The van der Waals surface area contributed by atoms with E-state index in [2.05, 4.69) is 25.4 Å². The van der Waals surface area contributed by atoms with Crippen molar-refractivity contribution in [1.82, 2.24) is 24.7 Å². The molecule has 0 atom stereocenters. The van der Waals surface area contributed by atoms with E-state index in [1.54, 1.807) is 7.05 Å². The summed E-state index contributed by atoms with van der Waals surface area (Å²) in [6, 6.07) is 0.777. The second kappa shape index (κ2) is 4.71. The average molecular weight is 273 g/mol. The number of hydrogen-bond donors (Lipinski definition) is 2. The maximum absolute atomic E-state index is 12.5. The van der Waals surface area contributed by atoms with Crippen molar-refractivity contribution in [2.24, 2.45) is 7.05 Å².